The Labute approximate surface area is 117 Å². The highest BCUT2D eigenvalue weighted by atomic mass is 16.5. The van der Waals surface area contributed by atoms with Crippen molar-refractivity contribution in [1.82, 2.24) is 19.9 Å². The minimum Gasteiger partial charge on any atom is -0.465 e. The largest absolute Gasteiger partial charge is 0.465 e. The average molecular weight is 283 g/mol. The van der Waals surface area contributed by atoms with Crippen LogP contribution in [0, 0.1) is 0 Å². The second-order valence-electron chi connectivity index (χ2n) is 4.49. The maximum Gasteiger partial charge on any atom is 0.325 e. The molecule has 1 heterocycles. The molecule has 0 fully saturated rings. The van der Waals surface area contributed by atoms with Crippen LogP contribution >= 0.6 is 0 Å². The molecule has 0 radical (unpaired) electrons. The van der Waals surface area contributed by atoms with Crippen molar-refractivity contribution in [2.75, 3.05) is 19.7 Å². The molecule has 1 aromatic rings. The molecule has 1 aromatic heterocycles. The summed E-state index contributed by atoms with van der Waals surface area (Å²) in [5, 5.41) is 7.61. The lowest BCUT2D eigenvalue weighted by molar-refractivity contribution is -0.144. The van der Waals surface area contributed by atoms with Gasteiger partial charge in [0.1, 0.15) is 6.54 Å². The zero-order chi connectivity index (χ0) is 15.1. The topological polar surface area (TPSA) is 103 Å². The summed E-state index contributed by atoms with van der Waals surface area (Å²) >= 11 is 0. The van der Waals surface area contributed by atoms with Gasteiger partial charge in [-0.25, -0.2) is 0 Å². The van der Waals surface area contributed by atoms with Gasteiger partial charge < -0.3 is 15.4 Å². The maximum atomic E-state index is 12.3. The lowest BCUT2D eigenvalue weighted by Crippen LogP contribution is -2.41. The van der Waals surface area contributed by atoms with Gasteiger partial charge in [0.05, 0.1) is 19.3 Å². The van der Waals surface area contributed by atoms with Crippen molar-refractivity contribution < 1.29 is 14.3 Å². The summed E-state index contributed by atoms with van der Waals surface area (Å²) in [6.07, 6.45) is 1.52. The van der Waals surface area contributed by atoms with Gasteiger partial charge in [-0.2, -0.15) is 0 Å². The van der Waals surface area contributed by atoms with Crippen LogP contribution in [0.15, 0.2) is 6.20 Å². The fourth-order valence-electron chi connectivity index (χ4n) is 1.62. The summed E-state index contributed by atoms with van der Waals surface area (Å²) in [6, 6.07) is -0.147. The number of carbonyl (C=O) groups excluding carboxylic acids is 2. The highest BCUT2D eigenvalue weighted by molar-refractivity contribution is 5.94. The van der Waals surface area contributed by atoms with E-state index in [2.05, 4.69) is 10.3 Å². The van der Waals surface area contributed by atoms with Crippen LogP contribution in [0.2, 0.25) is 0 Å². The van der Waals surface area contributed by atoms with Crippen LogP contribution in [0.25, 0.3) is 0 Å². The molecule has 20 heavy (non-hydrogen) atoms. The summed E-state index contributed by atoms with van der Waals surface area (Å²) in [7, 11) is 0. The van der Waals surface area contributed by atoms with Crippen LogP contribution in [-0.2, 0) is 16.1 Å². The molecule has 0 unspecified atom stereocenters. The van der Waals surface area contributed by atoms with Gasteiger partial charge in [0, 0.05) is 12.6 Å². The standard InChI is InChI=1S/C12H21N5O3/c1-4-20-11(18)8-17(9(2)3)12(19)10-7-16(6-5-13)15-14-10/h7,9H,4-6,8,13H2,1-3H3. The van der Waals surface area contributed by atoms with E-state index in [1.165, 1.54) is 15.8 Å². The van der Waals surface area contributed by atoms with E-state index >= 15 is 0 Å². The Morgan fingerprint density at radius 3 is 2.75 bits per heavy atom. The van der Waals surface area contributed by atoms with Gasteiger partial charge in [0.15, 0.2) is 5.69 Å². The number of esters is 1. The fourth-order valence-corrected chi connectivity index (χ4v) is 1.62. The van der Waals surface area contributed by atoms with Gasteiger partial charge in [-0.15, -0.1) is 5.10 Å². The van der Waals surface area contributed by atoms with Gasteiger partial charge in [0.2, 0.25) is 0 Å². The van der Waals surface area contributed by atoms with Crippen molar-refractivity contribution in [3.63, 3.8) is 0 Å². The van der Waals surface area contributed by atoms with E-state index in [1.54, 1.807) is 6.92 Å². The zero-order valence-electron chi connectivity index (χ0n) is 12.1. The van der Waals surface area contributed by atoms with E-state index in [0.29, 0.717) is 13.1 Å². The van der Waals surface area contributed by atoms with Gasteiger partial charge in [-0.1, -0.05) is 5.21 Å². The lowest BCUT2D eigenvalue weighted by atomic mass is 10.2. The van der Waals surface area contributed by atoms with E-state index in [9.17, 15) is 9.59 Å². The summed E-state index contributed by atoms with van der Waals surface area (Å²) in [6.45, 7) is 6.44. The van der Waals surface area contributed by atoms with Crippen molar-refractivity contribution in [1.29, 1.82) is 0 Å². The Kier molecular flexibility index (Phi) is 6.10. The molecule has 1 rings (SSSR count). The molecule has 0 aliphatic rings. The van der Waals surface area contributed by atoms with Gasteiger partial charge in [-0.05, 0) is 20.8 Å². The minimum atomic E-state index is -0.441. The highest BCUT2D eigenvalue weighted by Gasteiger charge is 2.24. The molecule has 0 aliphatic heterocycles. The molecule has 0 saturated heterocycles. The molecule has 0 aliphatic carbocycles. The third-order valence-electron chi connectivity index (χ3n) is 2.60. The first kappa shape index (κ1) is 16.1. The third kappa shape index (κ3) is 4.30. The molecule has 0 spiro atoms. The molecular formula is C12H21N5O3. The first-order chi connectivity index (χ1) is 9.49. The number of hydrogen-bond acceptors (Lipinski definition) is 6. The highest BCUT2D eigenvalue weighted by Crippen LogP contribution is 2.06. The minimum absolute atomic E-state index is 0.103. The number of ether oxygens (including phenoxy) is 1. The Bertz CT molecular complexity index is 458. The van der Waals surface area contributed by atoms with Crippen molar-refractivity contribution in [3.8, 4) is 0 Å². The second-order valence-corrected chi connectivity index (χ2v) is 4.49. The normalized spacial score (nSPS) is 10.7. The second kappa shape index (κ2) is 7.59. The van der Waals surface area contributed by atoms with Gasteiger partial charge >= 0.3 is 5.97 Å². The number of aromatic nitrogens is 3. The number of hydrogen-bond donors (Lipinski definition) is 1. The van der Waals surface area contributed by atoms with Crippen molar-refractivity contribution >= 4 is 11.9 Å². The number of rotatable bonds is 7. The van der Waals surface area contributed by atoms with Crippen molar-refractivity contribution in [3.05, 3.63) is 11.9 Å². The van der Waals surface area contributed by atoms with E-state index in [-0.39, 0.29) is 30.8 Å². The summed E-state index contributed by atoms with van der Waals surface area (Å²) in [5.41, 5.74) is 5.60. The maximum absolute atomic E-state index is 12.3. The molecule has 2 N–H and O–H groups in total. The van der Waals surface area contributed by atoms with Gasteiger partial charge in [0.25, 0.3) is 5.91 Å². The molecule has 0 aromatic carbocycles. The Balaban J connectivity index is 2.79. The number of carbonyl (C=O) groups is 2. The SMILES string of the molecule is CCOC(=O)CN(C(=O)c1cn(CCN)nn1)C(C)C. The fraction of sp³-hybridized carbons (Fsp3) is 0.667. The molecule has 8 nitrogen and oxygen atoms in total. The average Bonchev–Trinajstić information content (AvgIpc) is 2.84. The Hall–Kier alpha value is -1.96. The molecular weight excluding hydrogens is 262 g/mol. The zero-order valence-corrected chi connectivity index (χ0v) is 12.1. The quantitative estimate of drug-likeness (QED) is 0.686. The van der Waals surface area contributed by atoms with Crippen LogP contribution in [0.1, 0.15) is 31.3 Å². The lowest BCUT2D eigenvalue weighted by Gasteiger charge is -2.24. The van der Waals surface area contributed by atoms with Crippen LogP contribution < -0.4 is 5.73 Å². The molecule has 0 saturated carbocycles. The van der Waals surface area contributed by atoms with Crippen molar-refractivity contribution in [2.45, 2.75) is 33.4 Å². The van der Waals surface area contributed by atoms with Crippen LogP contribution in [-0.4, -0.2) is 57.5 Å². The summed E-state index contributed by atoms with van der Waals surface area (Å²) in [5.74, 6) is -0.791. The Morgan fingerprint density at radius 1 is 1.50 bits per heavy atom. The van der Waals surface area contributed by atoms with E-state index < -0.39 is 5.97 Å². The van der Waals surface area contributed by atoms with E-state index in [4.69, 9.17) is 10.5 Å². The smallest absolute Gasteiger partial charge is 0.325 e. The van der Waals surface area contributed by atoms with Crippen LogP contribution in [0.3, 0.4) is 0 Å². The third-order valence-corrected chi connectivity index (χ3v) is 2.60. The molecule has 1 amide bonds. The molecule has 8 heteroatoms. The van der Waals surface area contributed by atoms with Crippen LogP contribution in [0.4, 0.5) is 0 Å². The Morgan fingerprint density at radius 2 is 2.20 bits per heavy atom. The molecule has 0 atom stereocenters. The first-order valence-electron chi connectivity index (χ1n) is 6.56. The van der Waals surface area contributed by atoms with Crippen molar-refractivity contribution in [2.24, 2.45) is 5.73 Å². The summed E-state index contributed by atoms with van der Waals surface area (Å²) in [4.78, 5) is 25.2. The number of nitrogens with two attached hydrogens (primary N) is 1. The van der Waals surface area contributed by atoms with E-state index in [0.717, 1.165) is 0 Å². The van der Waals surface area contributed by atoms with E-state index in [1.807, 2.05) is 13.8 Å². The van der Waals surface area contributed by atoms with Crippen LogP contribution in [0.5, 0.6) is 0 Å². The first-order valence-corrected chi connectivity index (χ1v) is 6.56. The predicted octanol–water partition coefficient (Wildman–Crippen LogP) is -0.349. The molecule has 0 bridgehead atoms. The predicted molar refractivity (Wildman–Crippen MR) is 71.9 cm³/mol. The van der Waals surface area contributed by atoms with Gasteiger partial charge in [-0.3, -0.25) is 14.3 Å². The number of nitrogens with zero attached hydrogens (tertiary/aromatic N) is 4. The number of amides is 1. The monoisotopic (exact) mass is 283 g/mol. The molecule has 112 valence electrons. The summed E-state index contributed by atoms with van der Waals surface area (Å²) < 4.78 is 6.36.